The zero-order chi connectivity index (χ0) is 15.4. The predicted molar refractivity (Wildman–Crippen MR) is 78.0 cm³/mol. The van der Waals surface area contributed by atoms with Crippen LogP contribution < -0.4 is 11.1 Å². The summed E-state index contributed by atoms with van der Waals surface area (Å²) in [5.74, 6) is -0.836. The molecule has 2 amide bonds. The fourth-order valence-corrected chi connectivity index (χ4v) is 1.97. The molecule has 110 valence electrons. The Hall–Kier alpha value is -2.41. The molecule has 7 nitrogen and oxygen atoms in total. The Bertz CT molecular complexity index is 683. The van der Waals surface area contributed by atoms with Crippen molar-refractivity contribution in [2.45, 2.75) is 19.9 Å². The zero-order valence-electron chi connectivity index (χ0n) is 11.3. The summed E-state index contributed by atoms with van der Waals surface area (Å²) in [5.41, 5.74) is 6.68. The Labute approximate surface area is 126 Å². The Morgan fingerprint density at radius 3 is 2.86 bits per heavy atom. The standard InChI is InChI=1S/C13H14ClN5O2/c1-2-9-3-8(4-11(14)17-9)13(21)18-10-5-16-19(6-10)7-12(15)20/h3-6H,2,7H2,1H3,(H2,15,20)(H,18,21). The van der Waals surface area contributed by atoms with Crippen molar-refractivity contribution in [1.29, 1.82) is 0 Å². The minimum absolute atomic E-state index is 0.0447. The van der Waals surface area contributed by atoms with E-state index in [1.165, 1.54) is 23.1 Å². The number of carbonyl (C=O) groups is 2. The lowest BCUT2D eigenvalue weighted by Crippen LogP contribution is -2.18. The van der Waals surface area contributed by atoms with Crippen LogP contribution in [-0.4, -0.2) is 26.6 Å². The van der Waals surface area contributed by atoms with Crippen LogP contribution in [-0.2, 0) is 17.8 Å². The van der Waals surface area contributed by atoms with Crippen molar-refractivity contribution in [1.82, 2.24) is 14.8 Å². The van der Waals surface area contributed by atoms with E-state index >= 15 is 0 Å². The number of nitrogens with one attached hydrogen (secondary N) is 1. The first-order valence-corrected chi connectivity index (χ1v) is 6.64. The van der Waals surface area contributed by atoms with Crippen molar-refractivity contribution in [3.8, 4) is 0 Å². The van der Waals surface area contributed by atoms with Gasteiger partial charge in [0.1, 0.15) is 11.7 Å². The molecule has 2 aromatic rings. The molecule has 0 fully saturated rings. The number of aromatic nitrogens is 3. The maximum atomic E-state index is 12.1. The molecule has 0 radical (unpaired) electrons. The van der Waals surface area contributed by atoms with Crippen LogP contribution >= 0.6 is 11.6 Å². The number of hydrogen-bond donors (Lipinski definition) is 2. The van der Waals surface area contributed by atoms with Gasteiger partial charge >= 0.3 is 0 Å². The molecular formula is C13H14ClN5O2. The molecule has 2 heterocycles. The molecule has 0 aliphatic heterocycles. The smallest absolute Gasteiger partial charge is 0.255 e. The highest BCUT2D eigenvalue weighted by atomic mass is 35.5. The van der Waals surface area contributed by atoms with E-state index in [-0.39, 0.29) is 17.6 Å². The SMILES string of the molecule is CCc1cc(C(=O)Nc2cnn(CC(N)=O)c2)cc(Cl)n1. The van der Waals surface area contributed by atoms with Crippen LogP contribution in [0, 0.1) is 0 Å². The van der Waals surface area contributed by atoms with Crippen LogP contribution in [0.25, 0.3) is 0 Å². The molecule has 0 spiro atoms. The number of nitrogens with two attached hydrogens (primary N) is 1. The second-order valence-corrected chi connectivity index (χ2v) is 4.76. The van der Waals surface area contributed by atoms with E-state index in [0.717, 1.165) is 5.69 Å². The first kappa shape index (κ1) is 15.0. The summed E-state index contributed by atoms with van der Waals surface area (Å²) in [7, 11) is 0. The Morgan fingerprint density at radius 1 is 1.43 bits per heavy atom. The topological polar surface area (TPSA) is 103 Å². The molecule has 8 heteroatoms. The minimum Gasteiger partial charge on any atom is -0.368 e. The van der Waals surface area contributed by atoms with Gasteiger partial charge in [0.15, 0.2) is 0 Å². The van der Waals surface area contributed by atoms with E-state index in [0.29, 0.717) is 17.7 Å². The van der Waals surface area contributed by atoms with Crippen LogP contribution in [0.5, 0.6) is 0 Å². The fourth-order valence-electron chi connectivity index (χ4n) is 1.74. The number of rotatable bonds is 5. The van der Waals surface area contributed by atoms with Gasteiger partial charge in [-0.3, -0.25) is 14.3 Å². The second kappa shape index (κ2) is 6.36. The predicted octanol–water partition coefficient (Wildman–Crippen LogP) is 1.23. The first-order chi connectivity index (χ1) is 9.97. The molecule has 2 rings (SSSR count). The average molecular weight is 308 g/mol. The lowest BCUT2D eigenvalue weighted by atomic mass is 10.2. The second-order valence-electron chi connectivity index (χ2n) is 4.37. The normalized spacial score (nSPS) is 10.4. The van der Waals surface area contributed by atoms with Crippen molar-refractivity contribution < 1.29 is 9.59 Å². The number of halogens is 1. The van der Waals surface area contributed by atoms with Gasteiger partial charge in [0.25, 0.3) is 5.91 Å². The molecule has 2 aromatic heterocycles. The van der Waals surface area contributed by atoms with Gasteiger partial charge in [-0.05, 0) is 18.6 Å². The highest BCUT2D eigenvalue weighted by molar-refractivity contribution is 6.29. The third kappa shape index (κ3) is 4.03. The van der Waals surface area contributed by atoms with Gasteiger partial charge in [0.05, 0.1) is 11.9 Å². The highest BCUT2D eigenvalue weighted by Gasteiger charge is 2.10. The molecule has 0 bridgehead atoms. The van der Waals surface area contributed by atoms with Gasteiger partial charge in [-0.1, -0.05) is 18.5 Å². The molecule has 3 N–H and O–H groups in total. The van der Waals surface area contributed by atoms with Gasteiger partial charge < -0.3 is 11.1 Å². The van der Waals surface area contributed by atoms with Crippen molar-refractivity contribution in [3.05, 3.63) is 40.9 Å². The van der Waals surface area contributed by atoms with E-state index < -0.39 is 5.91 Å². The van der Waals surface area contributed by atoms with Gasteiger partial charge in [-0.25, -0.2) is 4.98 Å². The number of carbonyl (C=O) groups excluding carboxylic acids is 2. The van der Waals surface area contributed by atoms with Crippen molar-refractivity contribution in [2.24, 2.45) is 5.73 Å². The molecule has 0 saturated carbocycles. The zero-order valence-corrected chi connectivity index (χ0v) is 12.1. The third-order valence-electron chi connectivity index (χ3n) is 2.68. The molecule has 0 saturated heterocycles. The number of amides is 2. The lowest BCUT2D eigenvalue weighted by Gasteiger charge is -2.05. The van der Waals surface area contributed by atoms with E-state index in [4.69, 9.17) is 17.3 Å². The largest absolute Gasteiger partial charge is 0.368 e. The van der Waals surface area contributed by atoms with Gasteiger partial charge in [-0.15, -0.1) is 0 Å². The molecular weight excluding hydrogens is 294 g/mol. The van der Waals surface area contributed by atoms with E-state index in [1.54, 1.807) is 6.07 Å². The lowest BCUT2D eigenvalue weighted by molar-refractivity contribution is -0.118. The van der Waals surface area contributed by atoms with Crippen molar-refractivity contribution in [3.63, 3.8) is 0 Å². The Balaban J connectivity index is 2.12. The van der Waals surface area contributed by atoms with Crippen molar-refractivity contribution in [2.75, 3.05) is 5.32 Å². The van der Waals surface area contributed by atoms with E-state index in [1.807, 2.05) is 6.92 Å². The summed E-state index contributed by atoms with van der Waals surface area (Å²) in [4.78, 5) is 27.0. The number of aryl methyl sites for hydroxylation is 1. The van der Waals surface area contributed by atoms with Crippen LogP contribution in [0.15, 0.2) is 24.5 Å². The summed E-state index contributed by atoms with van der Waals surface area (Å²) in [6.45, 7) is 1.88. The number of hydrogen-bond acceptors (Lipinski definition) is 4. The molecule has 0 aromatic carbocycles. The first-order valence-electron chi connectivity index (χ1n) is 6.26. The number of anilines is 1. The summed E-state index contributed by atoms with van der Waals surface area (Å²) in [5, 5.41) is 6.85. The van der Waals surface area contributed by atoms with Crippen LogP contribution in [0.2, 0.25) is 5.15 Å². The Morgan fingerprint density at radius 2 is 2.19 bits per heavy atom. The molecule has 21 heavy (non-hydrogen) atoms. The molecule has 0 atom stereocenters. The highest BCUT2D eigenvalue weighted by Crippen LogP contribution is 2.14. The van der Waals surface area contributed by atoms with E-state index in [2.05, 4.69) is 15.4 Å². The number of pyridine rings is 1. The Kier molecular flexibility index (Phi) is 4.54. The summed E-state index contributed by atoms with van der Waals surface area (Å²) < 4.78 is 1.34. The monoisotopic (exact) mass is 307 g/mol. The molecule has 0 unspecified atom stereocenters. The van der Waals surface area contributed by atoms with Crippen LogP contribution in [0.4, 0.5) is 5.69 Å². The van der Waals surface area contributed by atoms with Crippen molar-refractivity contribution >= 4 is 29.1 Å². The van der Waals surface area contributed by atoms with Gasteiger partial charge in [-0.2, -0.15) is 5.10 Å². The van der Waals surface area contributed by atoms with Gasteiger partial charge in [0, 0.05) is 17.5 Å². The summed E-state index contributed by atoms with van der Waals surface area (Å²) in [6.07, 6.45) is 3.63. The molecule has 0 aliphatic carbocycles. The maximum absolute atomic E-state index is 12.1. The summed E-state index contributed by atoms with van der Waals surface area (Å²) in [6, 6.07) is 3.17. The maximum Gasteiger partial charge on any atom is 0.255 e. The third-order valence-corrected chi connectivity index (χ3v) is 2.87. The number of primary amides is 1. The van der Waals surface area contributed by atoms with Crippen LogP contribution in [0.3, 0.4) is 0 Å². The fraction of sp³-hybridized carbons (Fsp3) is 0.231. The molecule has 0 aliphatic rings. The minimum atomic E-state index is -0.510. The van der Waals surface area contributed by atoms with Gasteiger partial charge in [0.2, 0.25) is 5.91 Å². The van der Waals surface area contributed by atoms with Crippen LogP contribution in [0.1, 0.15) is 23.0 Å². The van der Waals surface area contributed by atoms with E-state index in [9.17, 15) is 9.59 Å². The summed E-state index contributed by atoms with van der Waals surface area (Å²) >= 11 is 5.88. The number of nitrogens with zero attached hydrogens (tertiary/aromatic N) is 3. The quantitative estimate of drug-likeness (QED) is 0.811. The average Bonchev–Trinajstić information content (AvgIpc) is 2.84.